The molecule has 1 amide bonds. The van der Waals surface area contributed by atoms with Crippen LogP contribution in [0.4, 0.5) is 11.5 Å². The summed E-state index contributed by atoms with van der Waals surface area (Å²) in [5.74, 6) is 0.108. The van der Waals surface area contributed by atoms with Crippen LogP contribution in [-0.4, -0.2) is 28.4 Å². The minimum Gasteiger partial charge on any atom is -0.397 e. The fourth-order valence-electron chi connectivity index (χ4n) is 4.16. The van der Waals surface area contributed by atoms with Crippen LogP contribution in [0, 0.1) is 11.3 Å². The van der Waals surface area contributed by atoms with Crippen molar-refractivity contribution in [2.24, 2.45) is 0 Å². The predicted octanol–water partition coefficient (Wildman–Crippen LogP) is 4.40. The van der Waals surface area contributed by atoms with E-state index in [0.29, 0.717) is 26.3 Å². The van der Waals surface area contributed by atoms with Crippen molar-refractivity contribution in [1.82, 2.24) is 9.88 Å². The molecule has 0 bridgehead atoms. The lowest BCUT2D eigenvalue weighted by Gasteiger charge is -2.35. The van der Waals surface area contributed by atoms with Gasteiger partial charge < -0.3 is 16.4 Å². The number of nitrogen functional groups attached to an aromatic ring is 2. The first-order valence-electron chi connectivity index (χ1n) is 9.84. The van der Waals surface area contributed by atoms with Crippen LogP contribution in [-0.2, 0) is 0 Å². The van der Waals surface area contributed by atoms with Crippen LogP contribution in [0.2, 0.25) is 0 Å². The molecule has 1 saturated heterocycles. The van der Waals surface area contributed by atoms with Gasteiger partial charge in [0, 0.05) is 23.5 Å². The second-order valence-corrected chi connectivity index (χ2v) is 8.31. The monoisotopic (exact) mass is 405 g/mol. The number of hydrogen-bond donors (Lipinski definition) is 2. The fourth-order valence-corrected chi connectivity index (χ4v) is 5.23. The number of nitriles is 1. The molecule has 1 atom stereocenters. The van der Waals surface area contributed by atoms with Gasteiger partial charge in [0.1, 0.15) is 27.2 Å². The molecule has 7 heteroatoms. The Morgan fingerprint density at radius 1 is 1.31 bits per heavy atom. The van der Waals surface area contributed by atoms with Gasteiger partial charge in [-0.25, -0.2) is 4.98 Å². The Labute approximate surface area is 173 Å². The maximum absolute atomic E-state index is 13.4. The quantitative estimate of drug-likeness (QED) is 0.671. The summed E-state index contributed by atoms with van der Waals surface area (Å²) < 4.78 is 0. The van der Waals surface area contributed by atoms with Gasteiger partial charge in [0.05, 0.1) is 5.69 Å². The summed E-state index contributed by atoms with van der Waals surface area (Å²) in [4.78, 5) is 20.8. The summed E-state index contributed by atoms with van der Waals surface area (Å²) >= 11 is 1.26. The molecule has 0 spiro atoms. The summed E-state index contributed by atoms with van der Waals surface area (Å²) in [5, 5.41) is 10.4. The number of pyridine rings is 1. The number of anilines is 2. The molecule has 1 fully saturated rings. The van der Waals surface area contributed by atoms with Gasteiger partial charge in [0.15, 0.2) is 0 Å². The van der Waals surface area contributed by atoms with Crippen molar-refractivity contribution < 1.29 is 4.79 Å². The first kappa shape index (κ1) is 19.2. The standard InChI is InChI=1S/C22H23N5OS/c1-2-14-10-6-7-11-27(14)22(28)19-18(24)17-16(13-8-4-3-5-9-13)15(12-23)20(25)26-21(17)29-19/h3-5,8-9,14H,2,6-7,10-11,24H2,1H3,(H2,25,26). The lowest BCUT2D eigenvalue weighted by atomic mass is 9.97. The Kier molecular flexibility index (Phi) is 5.12. The molecule has 4 N–H and O–H groups in total. The summed E-state index contributed by atoms with van der Waals surface area (Å²) in [7, 11) is 0. The topological polar surface area (TPSA) is 109 Å². The molecular formula is C22H23N5OS. The summed E-state index contributed by atoms with van der Waals surface area (Å²) in [6, 6.07) is 11.9. The van der Waals surface area contributed by atoms with E-state index in [0.717, 1.165) is 37.8 Å². The number of nitrogens with two attached hydrogens (primary N) is 2. The Hall–Kier alpha value is -3.11. The SMILES string of the molecule is CCC1CCCCN1C(=O)c1sc2nc(N)c(C#N)c(-c3ccccc3)c2c1N. The molecular weight excluding hydrogens is 382 g/mol. The first-order valence-corrected chi connectivity index (χ1v) is 10.7. The normalized spacial score (nSPS) is 16.7. The van der Waals surface area contributed by atoms with Crippen LogP contribution in [0.15, 0.2) is 30.3 Å². The van der Waals surface area contributed by atoms with Crippen molar-refractivity contribution in [3.8, 4) is 17.2 Å². The third kappa shape index (κ3) is 3.19. The molecule has 3 heterocycles. The number of likely N-dealkylation sites (tertiary alicyclic amines) is 1. The predicted molar refractivity (Wildman–Crippen MR) is 118 cm³/mol. The largest absolute Gasteiger partial charge is 0.397 e. The van der Waals surface area contributed by atoms with Gasteiger partial charge in [0.25, 0.3) is 5.91 Å². The van der Waals surface area contributed by atoms with E-state index in [4.69, 9.17) is 11.5 Å². The molecule has 0 aliphatic carbocycles. The molecule has 1 aliphatic rings. The number of piperidine rings is 1. The minimum absolute atomic E-state index is 0.0480. The van der Waals surface area contributed by atoms with E-state index in [1.165, 1.54) is 11.3 Å². The zero-order valence-corrected chi connectivity index (χ0v) is 17.1. The van der Waals surface area contributed by atoms with E-state index < -0.39 is 0 Å². The molecule has 0 radical (unpaired) electrons. The lowest BCUT2D eigenvalue weighted by molar-refractivity contribution is 0.0614. The molecule has 29 heavy (non-hydrogen) atoms. The number of hydrogen-bond acceptors (Lipinski definition) is 6. The van der Waals surface area contributed by atoms with Crippen LogP contribution in [0.3, 0.4) is 0 Å². The average molecular weight is 406 g/mol. The Morgan fingerprint density at radius 2 is 2.07 bits per heavy atom. The maximum atomic E-state index is 13.4. The lowest BCUT2D eigenvalue weighted by Crippen LogP contribution is -2.43. The van der Waals surface area contributed by atoms with E-state index in [1.807, 2.05) is 35.2 Å². The second-order valence-electron chi connectivity index (χ2n) is 7.31. The Morgan fingerprint density at radius 3 is 2.76 bits per heavy atom. The van der Waals surface area contributed by atoms with Crippen LogP contribution < -0.4 is 11.5 Å². The molecule has 3 aromatic rings. The average Bonchev–Trinajstić information content (AvgIpc) is 3.08. The number of thiophene rings is 1. The van der Waals surface area contributed by atoms with Crippen molar-refractivity contribution in [2.75, 3.05) is 18.0 Å². The Balaban J connectivity index is 1.92. The molecule has 1 aliphatic heterocycles. The van der Waals surface area contributed by atoms with Crippen LogP contribution >= 0.6 is 11.3 Å². The molecule has 1 aromatic carbocycles. The van der Waals surface area contributed by atoms with E-state index in [-0.39, 0.29) is 23.3 Å². The summed E-state index contributed by atoms with van der Waals surface area (Å²) in [6.07, 6.45) is 4.10. The summed E-state index contributed by atoms with van der Waals surface area (Å²) in [5.41, 5.74) is 14.8. The molecule has 148 valence electrons. The van der Waals surface area contributed by atoms with Gasteiger partial charge in [0.2, 0.25) is 0 Å². The zero-order chi connectivity index (χ0) is 20.5. The molecule has 0 saturated carbocycles. The number of aromatic nitrogens is 1. The zero-order valence-electron chi connectivity index (χ0n) is 16.3. The van der Waals surface area contributed by atoms with Crippen molar-refractivity contribution in [2.45, 2.75) is 38.6 Å². The van der Waals surface area contributed by atoms with Gasteiger partial charge in [-0.1, -0.05) is 37.3 Å². The van der Waals surface area contributed by atoms with Crippen LogP contribution in [0.5, 0.6) is 0 Å². The van der Waals surface area contributed by atoms with Crippen molar-refractivity contribution >= 4 is 39.0 Å². The van der Waals surface area contributed by atoms with Gasteiger partial charge >= 0.3 is 0 Å². The molecule has 6 nitrogen and oxygen atoms in total. The highest BCUT2D eigenvalue weighted by atomic mass is 32.1. The number of rotatable bonds is 3. The van der Waals surface area contributed by atoms with Gasteiger partial charge in [-0.3, -0.25) is 4.79 Å². The second kappa shape index (κ2) is 7.72. The number of nitrogens with zero attached hydrogens (tertiary/aromatic N) is 3. The summed E-state index contributed by atoms with van der Waals surface area (Å²) in [6.45, 7) is 2.86. The maximum Gasteiger partial charge on any atom is 0.266 e. The van der Waals surface area contributed by atoms with Gasteiger partial charge in [-0.15, -0.1) is 11.3 Å². The number of carbonyl (C=O) groups excluding carboxylic acids is 1. The van der Waals surface area contributed by atoms with E-state index in [9.17, 15) is 10.1 Å². The number of fused-ring (bicyclic) bond motifs is 1. The number of carbonyl (C=O) groups is 1. The molecule has 4 rings (SSSR count). The molecule has 1 unspecified atom stereocenters. The van der Waals surface area contributed by atoms with E-state index in [2.05, 4.69) is 18.0 Å². The fraction of sp³-hybridized carbons (Fsp3) is 0.318. The van der Waals surface area contributed by atoms with Crippen molar-refractivity contribution in [1.29, 1.82) is 5.26 Å². The first-order chi connectivity index (χ1) is 14.1. The van der Waals surface area contributed by atoms with Crippen LogP contribution in [0.25, 0.3) is 21.3 Å². The van der Waals surface area contributed by atoms with E-state index >= 15 is 0 Å². The number of amides is 1. The van der Waals surface area contributed by atoms with Gasteiger partial charge in [-0.2, -0.15) is 5.26 Å². The number of benzene rings is 1. The highest BCUT2D eigenvalue weighted by Gasteiger charge is 2.31. The van der Waals surface area contributed by atoms with Crippen molar-refractivity contribution in [3.05, 3.63) is 40.8 Å². The third-order valence-electron chi connectivity index (χ3n) is 5.63. The van der Waals surface area contributed by atoms with Crippen LogP contribution in [0.1, 0.15) is 47.8 Å². The Bertz CT molecular complexity index is 1120. The minimum atomic E-state index is -0.0480. The van der Waals surface area contributed by atoms with Gasteiger partial charge in [-0.05, 0) is 31.2 Å². The highest BCUT2D eigenvalue weighted by Crippen LogP contribution is 2.43. The highest BCUT2D eigenvalue weighted by molar-refractivity contribution is 7.21. The van der Waals surface area contributed by atoms with Crippen molar-refractivity contribution in [3.63, 3.8) is 0 Å². The smallest absolute Gasteiger partial charge is 0.266 e. The van der Waals surface area contributed by atoms with E-state index in [1.54, 1.807) is 0 Å². The molecule has 2 aromatic heterocycles. The third-order valence-corrected chi connectivity index (χ3v) is 6.72.